The molecule has 2 aliphatic rings. The molecule has 5 rings (SSSR count). The number of fused-ring (bicyclic) bond motifs is 2. The molecule has 1 atom stereocenters. The molecule has 3 heterocycles. The molecule has 2 N–H and O–H groups in total. The van der Waals surface area contributed by atoms with E-state index in [1.807, 2.05) is 32.0 Å². The van der Waals surface area contributed by atoms with Gasteiger partial charge >= 0.3 is 0 Å². The van der Waals surface area contributed by atoms with E-state index in [0.29, 0.717) is 28.6 Å². The van der Waals surface area contributed by atoms with E-state index in [2.05, 4.69) is 4.90 Å². The number of phenolic OH excluding ortho intramolecular Hbond substituents is 1. The van der Waals surface area contributed by atoms with Crippen molar-refractivity contribution in [3.05, 3.63) is 74.6 Å². The molecule has 0 radical (unpaired) electrons. The third-order valence-corrected chi connectivity index (χ3v) is 6.75. The van der Waals surface area contributed by atoms with Crippen molar-refractivity contribution < 1.29 is 29.0 Å². The molecule has 1 unspecified atom stereocenters. The number of rotatable bonds is 5. The van der Waals surface area contributed by atoms with E-state index in [9.17, 15) is 14.7 Å². The van der Waals surface area contributed by atoms with Gasteiger partial charge in [0.25, 0.3) is 11.9 Å². The van der Waals surface area contributed by atoms with Gasteiger partial charge in [-0.1, -0.05) is 12.1 Å². The highest BCUT2D eigenvalue weighted by atomic mass is 16.5. The molecule has 2 aliphatic heterocycles. The summed E-state index contributed by atoms with van der Waals surface area (Å²) in [4.78, 5) is 40.2. The molecular weight excluding hydrogens is 476 g/mol. The van der Waals surface area contributed by atoms with Crippen molar-refractivity contribution in [2.75, 3.05) is 39.4 Å². The molecule has 37 heavy (non-hydrogen) atoms. The summed E-state index contributed by atoms with van der Waals surface area (Å²) in [5, 5.41) is 18.0. The SMILES string of the molecule is CC(=O)O.Cc1cc2oc3c(c(=O)c2cc1C)C(c1cccc(O)c1)N(CCCN1CCOCC1)C3=O. The Morgan fingerprint density at radius 1 is 1.05 bits per heavy atom. The molecule has 1 amide bonds. The Balaban J connectivity index is 0.000000747. The first-order valence-electron chi connectivity index (χ1n) is 12.3. The number of ether oxygens (including phenoxy) is 1. The summed E-state index contributed by atoms with van der Waals surface area (Å²) in [5.41, 5.74) is 3.29. The molecule has 3 aromatic rings. The highest BCUT2D eigenvalue weighted by Crippen LogP contribution is 2.39. The topological polar surface area (TPSA) is 121 Å². The van der Waals surface area contributed by atoms with Gasteiger partial charge in [0, 0.05) is 33.1 Å². The number of carboxylic acids is 1. The van der Waals surface area contributed by atoms with Gasteiger partial charge in [0.05, 0.1) is 30.2 Å². The quantitative estimate of drug-likeness (QED) is 0.538. The van der Waals surface area contributed by atoms with Gasteiger partial charge in [0.2, 0.25) is 5.76 Å². The maximum Gasteiger partial charge on any atom is 0.300 e. The molecule has 9 heteroatoms. The van der Waals surface area contributed by atoms with Crippen molar-refractivity contribution in [3.63, 3.8) is 0 Å². The second-order valence-electron chi connectivity index (χ2n) is 9.43. The monoisotopic (exact) mass is 508 g/mol. The van der Waals surface area contributed by atoms with E-state index in [4.69, 9.17) is 19.1 Å². The van der Waals surface area contributed by atoms with Crippen LogP contribution in [0.1, 0.15) is 52.2 Å². The summed E-state index contributed by atoms with van der Waals surface area (Å²) in [6, 6.07) is 9.84. The Morgan fingerprint density at radius 3 is 2.41 bits per heavy atom. The number of amides is 1. The van der Waals surface area contributed by atoms with Crippen LogP contribution in [0.4, 0.5) is 0 Å². The van der Waals surface area contributed by atoms with Gasteiger partial charge in [0.1, 0.15) is 11.3 Å². The highest BCUT2D eigenvalue weighted by Gasteiger charge is 2.42. The minimum atomic E-state index is -0.833. The minimum Gasteiger partial charge on any atom is -0.508 e. The summed E-state index contributed by atoms with van der Waals surface area (Å²) >= 11 is 0. The molecule has 0 saturated carbocycles. The molecule has 196 valence electrons. The fraction of sp³-hybridized carbons (Fsp3) is 0.393. The molecule has 0 aliphatic carbocycles. The lowest BCUT2D eigenvalue weighted by atomic mass is 9.97. The zero-order valence-corrected chi connectivity index (χ0v) is 21.3. The molecule has 1 aromatic heterocycles. The van der Waals surface area contributed by atoms with Crippen LogP contribution in [0.5, 0.6) is 5.75 Å². The normalized spacial score (nSPS) is 17.4. The zero-order valence-electron chi connectivity index (χ0n) is 21.3. The predicted molar refractivity (Wildman–Crippen MR) is 138 cm³/mol. The maximum atomic E-state index is 13.6. The lowest BCUT2D eigenvalue weighted by Crippen LogP contribution is -2.38. The average Bonchev–Trinajstić information content (AvgIpc) is 3.13. The Bertz CT molecular complexity index is 1370. The summed E-state index contributed by atoms with van der Waals surface area (Å²) in [6.07, 6.45) is 0.765. The number of aryl methyl sites for hydroxylation is 2. The molecule has 0 spiro atoms. The third kappa shape index (κ3) is 5.68. The third-order valence-electron chi connectivity index (χ3n) is 6.75. The number of carbonyl (C=O) groups is 2. The van der Waals surface area contributed by atoms with Gasteiger partial charge in [-0.15, -0.1) is 0 Å². The van der Waals surface area contributed by atoms with Crippen LogP contribution < -0.4 is 5.43 Å². The van der Waals surface area contributed by atoms with Crippen molar-refractivity contribution in [3.8, 4) is 5.75 Å². The van der Waals surface area contributed by atoms with E-state index < -0.39 is 12.0 Å². The molecule has 1 fully saturated rings. The Kier molecular flexibility index (Phi) is 7.94. The second kappa shape index (κ2) is 11.1. The van der Waals surface area contributed by atoms with Gasteiger partial charge < -0.3 is 24.3 Å². The summed E-state index contributed by atoms with van der Waals surface area (Å²) < 4.78 is 11.5. The van der Waals surface area contributed by atoms with E-state index in [-0.39, 0.29) is 22.8 Å². The Labute approximate surface area is 214 Å². The number of aromatic hydroxyl groups is 1. The zero-order chi connectivity index (χ0) is 26.7. The highest BCUT2D eigenvalue weighted by molar-refractivity contribution is 5.99. The van der Waals surface area contributed by atoms with Crippen LogP contribution in [0.3, 0.4) is 0 Å². The van der Waals surface area contributed by atoms with Gasteiger partial charge in [-0.05, 0) is 61.2 Å². The standard InChI is InChI=1S/C26H28N2O5.C2H4O2/c1-16-13-20-21(14-17(16)2)33-25-22(24(20)30)23(18-5-3-6-19(29)15-18)28(26(25)31)8-4-7-27-9-11-32-12-10-27;1-2(3)4/h3,5-6,13-15,23,29H,4,7-12H2,1-2H3;1H3,(H,3,4). The van der Waals surface area contributed by atoms with Crippen LogP contribution in [0.25, 0.3) is 11.0 Å². The maximum absolute atomic E-state index is 13.6. The number of morpholine rings is 1. The van der Waals surface area contributed by atoms with E-state index >= 15 is 0 Å². The fourth-order valence-electron chi connectivity index (χ4n) is 4.84. The number of carboxylic acid groups (broad SMARTS) is 1. The van der Waals surface area contributed by atoms with Crippen molar-refractivity contribution in [1.29, 1.82) is 0 Å². The average molecular weight is 509 g/mol. The summed E-state index contributed by atoms with van der Waals surface area (Å²) in [5.74, 6) is -0.911. The van der Waals surface area contributed by atoms with Crippen LogP contribution in [-0.4, -0.2) is 71.3 Å². The van der Waals surface area contributed by atoms with Crippen LogP contribution in [0.15, 0.2) is 45.6 Å². The minimum absolute atomic E-state index is 0.0957. The van der Waals surface area contributed by atoms with Gasteiger partial charge in [-0.25, -0.2) is 0 Å². The predicted octanol–water partition coefficient (Wildman–Crippen LogP) is 3.47. The first kappa shape index (κ1) is 26.4. The largest absolute Gasteiger partial charge is 0.508 e. The Morgan fingerprint density at radius 2 is 1.73 bits per heavy atom. The van der Waals surface area contributed by atoms with Gasteiger partial charge in [-0.2, -0.15) is 0 Å². The van der Waals surface area contributed by atoms with Gasteiger partial charge in [0.15, 0.2) is 5.43 Å². The van der Waals surface area contributed by atoms with E-state index in [1.165, 1.54) is 0 Å². The van der Waals surface area contributed by atoms with Crippen LogP contribution in [0, 0.1) is 13.8 Å². The first-order chi connectivity index (χ1) is 17.7. The second-order valence-corrected chi connectivity index (χ2v) is 9.43. The van der Waals surface area contributed by atoms with Crippen molar-refractivity contribution >= 4 is 22.8 Å². The molecule has 2 aromatic carbocycles. The molecule has 9 nitrogen and oxygen atoms in total. The Hall–Kier alpha value is -3.69. The lowest BCUT2D eigenvalue weighted by Gasteiger charge is -2.29. The van der Waals surface area contributed by atoms with Crippen molar-refractivity contribution in [1.82, 2.24) is 9.80 Å². The molecular formula is C28H32N2O7. The van der Waals surface area contributed by atoms with Crippen LogP contribution in [0.2, 0.25) is 0 Å². The number of hydrogen-bond acceptors (Lipinski definition) is 7. The first-order valence-corrected chi connectivity index (χ1v) is 12.3. The van der Waals surface area contributed by atoms with E-state index in [1.54, 1.807) is 23.1 Å². The summed E-state index contributed by atoms with van der Waals surface area (Å²) in [7, 11) is 0. The van der Waals surface area contributed by atoms with Crippen molar-refractivity contribution in [2.45, 2.75) is 33.2 Å². The summed E-state index contributed by atoms with van der Waals surface area (Å²) in [6.45, 7) is 9.54. The van der Waals surface area contributed by atoms with Crippen LogP contribution in [-0.2, 0) is 9.53 Å². The number of phenols is 1. The van der Waals surface area contributed by atoms with E-state index in [0.717, 1.165) is 57.3 Å². The number of aliphatic carboxylic acids is 1. The fourth-order valence-corrected chi connectivity index (χ4v) is 4.84. The number of benzene rings is 2. The van der Waals surface area contributed by atoms with Crippen molar-refractivity contribution in [2.24, 2.45) is 0 Å². The van der Waals surface area contributed by atoms with Crippen LogP contribution >= 0.6 is 0 Å². The number of carbonyl (C=O) groups excluding carboxylic acids is 1. The number of hydrogen-bond donors (Lipinski definition) is 2. The number of nitrogens with zero attached hydrogens (tertiary/aromatic N) is 2. The molecule has 1 saturated heterocycles. The lowest BCUT2D eigenvalue weighted by molar-refractivity contribution is -0.134. The molecule has 0 bridgehead atoms. The smallest absolute Gasteiger partial charge is 0.300 e. The van der Waals surface area contributed by atoms with Gasteiger partial charge in [-0.3, -0.25) is 19.3 Å².